The van der Waals surface area contributed by atoms with Crippen molar-refractivity contribution in [1.29, 1.82) is 0 Å². The van der Waals surface area contributed by atoms with Gasteiger partial charge in [0, 0.05) is 19.4 Å². The van der Waals surface area contributed by atoms with Crippen LogP contribution in [0.5, 0.6) is 0 Å². The van der Waals surface area contributed by atoms with E-state index in [1.54, 1.807) is 14.0 Å². The Morgan fingerprint density at radius 3 is 2.57 bits per heavy atom. The Morgan fingerprint density at radius 2 is 2.00 bits per heavy atom. The first kappa shape index (κ1) is 16.1. The van der Waals surface area contributed by atoms with E-state index in [1.807, 2.05) is 44.2 Å². The molecule has 4 nitrogen and oxygen atoms in total. The molecule has 0 bridgehead atoms. The zero-order valence-corrected chi connectivity index (χ0v) is 13.2. The van der Waals surface area contributed by atoms with Gasteiger partial charge in [0.2, 0.25) is 0 Å². The number of Topliss-reactive ketones (excluding diaryl/α,β-unsaturated/α-hetero) is 1. The van der Waals surface area contributed by atoms with E-state index in [4.69, 9.17) is 14.2 Å². The summed E-state index contributed by atoms with van der Waals surface area (Å²) < 4.78 is 17.4. The van der Waals surface area contributed by atoms with E-state index in [9.17, 15) is 4.79 Å². The van der Waals surface area contributed by atoms with Gasteiger partial charge in [-0.05, 0) is 19.4 Å². The highest BCUT2D eigenvalue weighted by Gasteiger charge is 2.51. The van der Waals surface area contributed by atoms with Crippen molar-refractivity contribution in [3.05, 3.63) is 35.9 Å². The summed E-state index contributed by atoms with van der Waals surface area (Å²) in [6, 6.07) is 10.00. The van der Waals surface area contributed by atoms with Crippen molar-refractivity contribution in [1.82, 2.24) is 0 Å². The molecule has 0 amide bonds. The second-order valence-corrected chi connectivity index (χ2v) is 5.99. The van der Waals surface area contributed by atoms with E-state index in [2.05, 4.69) is 0 Å². The average Bonchev–Trinajstić information content (AvgIpc) is 2.68. The summed E-state index contributed by atoms with van der Waals surface area (Å²) in [6.07, 6.45) is -0.182. The summed E-state index contributed by atoms with van der Waals surface area (Å²) in [7, 11) is 1.62. The Bertz CT molecular complexity index is 473. The topological polar surface area (TPSA) is 44.8 Å². The smallest absolute Gasteiger partial charge is 0.163 e. The minimum absolute atomic E-state index is 0.0723. The molecule has 0 saturated carbocycles. The van der Waals surface area contributed by atoms with Gasteiger partial charge in [-0.1, -0.05) is 37.3 Å². The minimum atomic E-state index is -0.638. The SMILES string of the molecule is COC1O[C@](C)(CC(C)=O)[C@@H](OCc2ccccc2)[C@@H]1C. The fraction of sp³-hybridized carbons (Fsp3) is 0.588. The molecule has 4 heteroatoms. The van der Waals surface area contributed by atoms with Crippen molar-refractivity contribution in [2.24, 2.45) is 5.92 Å². The fourth-order valence-corrected chi connectivity index (χ4v) is 3.13. The third kappa shape index (κ3) is 3.70. The summed E-state index contributed by atoms with van der Waals surface area (Å²) in [5.41, 5.74) is 0.469. The summed E-state index contributed by atoms with van der Waals surface area (Å²) in [4.78, 5) is 11.6. The van der Waals surface area contributed by atoms with Gasteiger partial charge in [0.05, 0.1) is 12.7 Å². The molecule has 1 aliphatic rings. The second-order valence-electron chi connectivity index (χ2n) is 5.99. The molecule has 1 aromatic carbocycles. The molecule has 0 aromatic heterocycles. The molecule has 1 aromatic rings. The van der Waals surface area contributed by atoms with Crippen LogP contribution in [0, 0.1) is 5.92 Å². The summed E-state index contributed by atoms with van der Waals surface area (Å²) in [6.45, 7) is 6.05. The molecule has 0 aliphatic carbocycles. The van der Waals surface area contributed by atoms with Gasteiger partial charge >= 0.3 is 0 Å². The molecular weight excluding hydrogens is 268 g/mol. The summed E-state index contributed by atoms with van der Waals surface area (Å²) in [5, 5.41) is 0. The van der Waals surface area contributed by atoms with Crippen LogP contribution in [0.2, 0.25) is 0 Å². The minimum Gasteiger partial charge on any atom is -0.370 e. The molecule has 116 valence electrons. The Morgan fingerprint density at radius 1 is 1.33 bits per heavy atom. The number of methoxy groups -OCH3 is 1. The van der Waals surface area contributed by atoms with Crippen molar-refractivity contribution >= 4 is 5.78 Å². The van der Waals surface area contributed by atoms with Crippen LogP contribution in [-0.4, -0.2) is 30.9 Å². The Hall–Kier alpha value is -1.23. The van der Waals surface area contributed by atoms with E-state index in [-0.39, 0.29) is 24.1 Å². The number of hydrogen-bond donors (Lipinski definition) is 0. The number of rotatable bonds is 6. The number of ketones is 1. The molecule has 2 rings (SSSR count). The van der Waals surface area contributed by atoms with E-state index in [0.29, 0.717) is 13.0 Å². The van der Waals surface area contributed by atoms with Crippen LogP contribution < -0.4 is 0 Å². The number of benzene rings is 1. The number of carbonyl (C=O) groups is 1. The molecule has 0 N–H and O–H groups in total. The molecule has 4 atom stereocenters. The fourth-order valence-electron chi connectivity index (χ4n) is 3.13. The largest absolute Gasteiger partial charge is 0.370 e. The maximum absolute atomic E-state index is 11.6. The van der Waals surface area contributed by atoms with Gasteiger partial charge in [0.1, 0.15) is 11.4 Å². The molecule has 1 fully saturated rings. The monoisotopic (exact) mass is 292 g/mol. The number of ether oxygens (including phenoxy) is 3. The van der Waals surface area contributed by atoms with E-state index < -0.39 is 5.60 Å². The molecule has 1 aliphatic heterocycles. The molecule has 1 unspecified atom stereocenters. The number of carbonyl (C=O) groups excluding carboxylic acids is 1. The standard InChI is InChI=1S/C17H24O4/c1-12(18)10-17(3)15(13(2)16(19-4)21-17)20-11-14-8-6-5-7-9-14/h5-9,13,15-16H,10-11H2,1-4H3/t13-,15-,16?,17+/m0/s1. The van der Waals surface area contributed by atoms with Crippen LogP contribution in [0.1, 0.15) is 32.8 Å². The first-order valence-corrected chi connectivity index (χ1v) is 7.32. The highest BCUT2D eigenvalue weighted by molar-refractivity contribution is 5.76. The normalized spacial score (nSPS) is 32.3. The van der Waals surface area contributed by atoms with Gasteiger partial charge in [-0.2, -0.15) is 0 Å². The van der Waals surface area contributed by atoms with Crippen molar-refractivity contribution < 1.29 is 19.0 Å². The summed E-state index contributed by atoms with van der Waals surface area (Å²) in [5.74, 6) is 0.165. The molecular formula is C17H24O4. The van der Waals surface area contributed by atoms with Crippen LogP contribution in [0.4, 0.5) is 0 Å². The van der Waals surface area contributed by atoms with E-state index >= 15 is 0 Å². The predicted octanol–water partition coefficient (Wildman–Crippen LogP) is 2.95. The second kappa shape index (κ2) is 6.69. The zero-order chi connectivity index (χ0) is 15.5. The first-order chi connectivity index (χ1) is 9.96. The lowest BCUT2D eigenvalue weighted by Crippen LogP contribution is -2.41. The Kier molecular flexibility index (Phi) is 5.14. The molecule has 0 radical (unpaired) electrons. The average molecular weight is 292 g/mol. The third-order valence-corrected chi connectivity index (χ3v) is 4.00. The molecule has 1 saturated heterocycles. The van der Waals surface area contributed by atoms with Gasteiger partial charge in [0.15, 0.2) is 6.29 Å². The van der Waals surface area contributed by atoms with Gasteiger partial charge in [-0.15, -0.1) is 0 Å². The maximum Gasteiger partial charge on any atom is 0.163 e. The van der Waals surface area contributed by atoms with Crippen molar-refractivity contribution in [2.75, 3.05) is 7.11 Å². The highest BCUT2D eigenvalue weighted by Crippen LogP contribution is 2.40. The highest BCUT2D eigenvalue weighted by atomic mass is 16.7. The molecule has 21 heavy (non-hydrogen) atoms. The lowest BCUT2D eigenvalue weighted by atomic mass is 9.88. The van der Waals surface area contributed by atoms with E-state index in [0.717, 1.165) is 5.56 Å². The van der Waals surface area contributed by atoms with E-state index in [1.165, 1.54) is 0 Å². The molecule has 0 spiro atoms. The zero-order valence-electron chi connectivity index (χ0n) is 13.2. The lowest BCUT2D eigenvalue weighted by molar-refractivity contribution is -0.171. The van der Waals surface area contributed by atoms with Crippen molar-refractivity contribution in [3.63, 3.8) is 0 Å². The van der Waals surface area contributed by atoms with Gasteiger partial charge in [-0.3, -0.25) is 4.79 Å². The lowest BCUT2D eigenvalue weighted by Gasteiger charge is -2.30. The number of hydrogen-bond acceptors (Lipinski definition) is 4. The third-order valence-electron chi connectivity index (χ3n) is 4.00. The summed E-state index contributed by atoms with van der Waals surface area (Å²) >= 11 is 0. The predicted molar refractivity (Wildman–Crippen MR) is 79.8 cm³/mol. The van der Waals surface area contributed by atoms with Crippen LogP contribution >= 0.6 is 0 Å². The van der Waals surface area contributed by atoms with Crippen LogP contribution in [-0.2, 0) is 25.6 Å². The maximum atomic E-state index is 11.6. The van der Waals surface area contributed by atoms with Crippen LogP contribution in [0.3, 0.4) is 0 Å². The van der Waals surface area contributed by atoms with Crippen molar-refractivity contribution in [2.45, 2.75) is 51.8 Å². The van der Waals surface area contributed by atoms with Gasteiger partial charge in [-0.25, -0.2) is 0 Å². The Balaban J connectivity index is 2.10. The van der Waals surface area contributed by atoms with Crippen LogP contribution in [0.25, 0.3) is 0 Å². The molecule has 1 heterocycles. The Labute approximate surface area is 126 Å². The van der Waals surface area contributed by atoms with Crippen LogP contribution in [0.15, 0.2) is 30.3 Å². The van der Waals surface area contributed by atoms with Crippen molar-refractivity contribution in [3.8, 4) is 0 Å². The quantitative estimate of drug-likeness (QED) is 0.808. The first-order valence-electron chi connectivity index (χ1n) is 7.32. The van der Waals surface area contributed by atoms with Gasteiger partial charge < -0.3 is 14.2 Å². The van der Waals surface area contributed by atoms with Gasteiger partial charge in [0.25, 0.3) is 0 Å².